The van der Waals surface area contributed by atoms with Crippen molar-refractivity contribution in [3.8, 4) is 5.75 Å². The summed E-state index contributed by atoms with van der Waals surface area (Å²) in [6.45, 7) is 7.38. The van der Waals surface area contributed by atoms with Crippen molar-refractivity contribution in [3.63, 3.8) is 0 Å². The second kappa shape index (κ2) is 5.30. The van der Waals surface area contributed by atoms with E-state index < -0.39 is 0 Å². The van der Waals surface area contributed by atoms with Crippen LogP contribution in [0.5, 0.6) is 5.75 Å². The first-order valence-electron chi connectivity index (χ1n) is 7.79. The van der Waals surface area contributed by atoms with Crippen LogP contribution in [-0.4, -0.2) is 21.6 Å². The second-order valence-electron chi connectivity index (χ2n) is 6.94. The van der Waals surface area contributed by atoms with Crippen LogP contribution in [0.2, 0.25) is 0 Å². The molecule has 0 saturated heterocycles. The number of hydrogen-bond donors (Lipinski definition) is 3. The van der Waals surface area contributed by atoms with Gasteiger partial charge < -0.3 is 21.5 Å². The van der Waals surface area contributed by atoms with Crippen LogP contribution in [0.1, 0.15) is 32.9 Å². The molecule has 122 valence electrons. The quantitative estimate of drug-likeness (QED) is 0.595. The Balaban J connectivity index is 2.12. The van der Waals surface area contributed by atoms with Crippen LogP contribution in [0, 0.1) is 5.92 Å². The topological polar surface area (TPSA) is 101 Å². The maximum absolute atomic E-state index is 9.67. The van der Waals surface area contributed by atoms with Crippen molar-refractivity contribution in [2.24, 2.45) is 5.92 Å². The van der Waals surface area contributed by atoms with E-state index in [0.717, 1.165) is 30.0 Å². The molecule has 0 fully saturated rings. The Morgan fingerprint density at radius 1 is 1.30 bits per heavy atom. The van der Waals surface area contributed by atoms with Crippen molar-refractivity contribution in [3.05, 3.63) is 30.2 Å². The van der Waals surface area contributed by atoms with E-state index in [1.807, 2.05) is 6.07 Å². The lowest BCUT2D eigenvalue weighted by Gasteiger charge is -2.27. The van der Waals surface area contributed by atoms with Crippen LogP contribution in [-0.2, 0) is 5.41 Å². The monoisotopic (exact) mass is 313 g/mol. The van der Waals surface area contributed by atoms with E-state index in [4.69, 9.17) is 11.5 Å². The third kappa shape index (κ3) is 2.54. The van der Waals surface area contributed by atoms with Crippen LogP contribution in [0.15, 0.2) is 24.5 Å². The maximum Gasteiger partial charge on any atom is 0.151 e. The van der Waals surface area contributed by atoms with E-state index in [0.29, 0.717) is 17.4 Å². The molecule has 0 radical (unpaired) electrons. The molecule has 0 spiro atoms. The molecular formula is C17H23N5O. The van der Waals surface area contributed by atoms with Crippen LogP contribution in [0.4, 0.5) is 22.9 Å². The lowest BCUT2D eigenvalue weighted by atomic mass is 9.80. The minimum absolute atomic E-state index is 0.0791. The number of nitrogens with zero attached hydrogens (tertiary/aromatic N) is 3. The first kappa shape index (κ1) is 15.4. The second-order valence-corrected chi connectivity index (χ2v) is 6.94. The van der Waals surface area contributed by atoms with Crippen molar-refractivity contribution < 1.29 is 5.11 Å². The number of nitrogens with two attached hydrogens (primary N) is 2. The zero-order valence-electron chi connectivity index (χ0n) is 13.7. The fraction of sp³-hybridized carbons (Fsp3) is 0.412. The van der Waals surface area contributed by atoms with Gasteiger partial charge >= 0.3 is 0 Å². The van der Waals surface area contributed by atoms with Gasteiger partial charge in [-0.15, -0.1) is 0 Å². The Morgan fingerprint density at radius 3 is 2.70 bits per heavy atom. The van der Waals surface area contributed by atoms with Gasteiger partial charge in [-0.1, -0.05) is 20.8 Å². The number of aromatic hydroxyl groups is 1. The summed E-state index contributed by atoms with van der Waals surface area (Å²) in [6, 6.07) is 5.19. The molecule has 6 nitrogen and oxygen atoms in total. The molecule has 0 amide bonds. The first-order valence-corrected chi connectivity index (χ1v) is 7.79. The fourth-order valence-electron chi connectivity index (χ4n) is 3.60. The molecule has 5 N–H and O–H groups in total. The Morgan fingerprint density at radius 2 is 2.04 bits per heavy atom. The van der Waals surface area contributed by atoms with Crippen molar-refractivity contribution in [2.45, 2.75) is 32.6 Å². The number of anilines is 4. The highest BCUT2D eigenvalue weighted by Crippen LogP contribution is 2.48. The molecule has 3 rings (SSSR count). The van der Waals surface area contributed by atoms with Crippen molar-refractivity contribution in [1.82, 2.24) is 9.97 Å². The summed E-state index contributed by atoms with van der Waals surface area (Å²) >= 11 is 0. The third-order valence-electron chi connectivity index (χ3n) is 4.38. The third-order valence-corrected chi connectivity index (χ3v) is 4.38. The molecular weight excluding hydrogens is 290 g/mol. The summed E-state index contributed by atoms with van der Waals surface area (Å²) in [5.41, 5.74) is 15.0. The van der Waals surface area contributed by atoms with Crippen molar-refractivity contribution >= 4 is 22.9 Å². The average molecular weight is 313 g/mol. The Kier molecular flexibility index (Phi) is 3.55. The van der Waals surface area contributed by atoms with Gasteiger partial charge in [0.05, 0.1) is 11.4 Å². The van der Waals surface area contributed by atoms with Gasteiger partial charge in [-0.25, -0.2) is 9.97 Å². The largest absolute Gasteiger partial charge is 0.506 e. The standard InChI is InChI=1S/C17H23N5O/c1-10(2)7-17(3)8-22(11-4-5-13(23)12(18)6-11)14-15(17)20-9-21-16(14)19/h4-6,9-10,23H,7-8,18H2,1-3H3,(H2,19,20,21). The number of phenolic OH excluding ortho intramolecular Hbond substituents is 1. The van der Waals surface area contributed by atoms with E-state index in [-0.39, 0.29) is 11.2 Å². The molecule has 23 heavy (non-hydrogen) atoms. The van der Waals surface area contributed by atoms with Crippen LogP contribution >= 0.6 is 0 Å². The number of nitrogen functional groups attached to an aromatic ring is 2. The lowest BCUT2D eigenvalue weighted by Crippen LogP contribution is -2.30. The van der Waals surface area contributed by atoms with E-state index >= 15 is 0 Å². The molecule has 0 bridgehead atoms. The summed E-state index contributed by atoms with van der Waals surface area (Å²) in [5.74, 6) is 1.08. The molecule has 1 atom stereocenters. The lowest BCUT2D eigenvalue weighted by molar-refractivity contribution is 0.385. The maximum atomic E-state index is 9.67. The van der Waals surface area contributed by atoms with Gasteiger partial charge in [-0.3, -0.25) is 0 Å². The van der Waals surface area contributed by atoms with Gasteiger partial charge in [0.25, 0.3) is 0 Å². The minimum atomic E-state index is -0.104. The van der Waals surface area contributed by atoms with E-state index in [1.165, 1.54) is 6.33 Å². The molecule has 1 aliphatic heterocycles. The average Bonchev–Trinajstić information content (AvgIpc) is 2.76. The summed E-state index contributed by atoms with van der Waals surface area (Å²) in [5, 5.41) is 9.67. The summed E-state index contributed by atoms with van der Waals surface area (Å²) in [4.78, 5) is 10.8. The van der Waals surface area contributed by atoms with Crippen LogP contribution in [0.25, 0.3) is 0 Å². The highest BCUT2D eigenvalue weighted by atomic mass is 16.3. The Bertz CT molecular complexity index is 746. The van der Waals surface area contributed by atoms with Crippen molar-refractivity contribution in [2.75, 3.05) is 22.9 Å². The molecule has 2 aromatic rings. The molecule has 1 unspecified atom stereocenters. The predicted octanol–water partition coefficient (Wildman–Crippen LogP) is 2.80. The summed E-state index contributed by atoms with van der Waals surface area (Å²) in [7, 11) is 0. The van der Waals surface area contributed by atoms with Crippen LogP contribution < -0.4 is 16.4 Å². The smallest absolute Gasteiger partial charge is 0.151 e. The highest BCUT2D eigenvalue weighted by Gasteiger charge is 2.42. The number of fused-ring (bicyclic) bond motifs is 1. The van der Waals surface area contributed by atoms with Crippen LogP contribution in [0.3, 0.4) is 0 Å². The van der Waals surface area contributed by atoms with Gasteiger partial charge in [0.1, 0.15) is 17.8 Å². The first-order chi connectivity index (χ1) is 10.8. The number of benzene rings is 1. The fourth-order valence-corrected chi connectivity index (χ4v) is 3.60. The molecule has 0 aliphatic carbocycles. The number of hydrogen-bond acceptors (Lipinski definition) is 6. The predicted molar refractivity (Wildman–Crippen MR) is 92.8 cm³/mol. The number of rotatable bonds is 3. The normalized spacial score (nSPS) is 20.1. The SMILES string of the molecule is CC(C)CC1(C)CN(c2ccc(O)c(N)c2)c2c(N)ncnc21. The molecule has 0 saturated carbocycles. The Hall–Kier alpha value is -2.50. The van der Waals surface area contributed by atoms with Gasteiger partial charge in [-0.2, -0.15) is 0 Å². The molecule has 1 aromatic heterocycles. The molecule has 2 heterocycles. The van der Waals surface area contributed by atoms with Gasteiger partial charge in [-0.05, 0) is 30.5 Å². The van der Waals surface area contributed by atoms with E-state index in [9.17, 15) is 5.11 Å². The van der Waals surface area contributed by atoms with Crippen molar-refractivity contribution in [1.29, 1.82) is 0 Å². The Labute approximate surface area is 136 Å². The zero-order chi connectivity index (χ0) is 16.8. The molecule has 1 aliphatic rings. The van der Waals surface area contributed by atoms with Gasteiger partial charge in [0.2, 0.25) is 0 Å². The minimum Gasteiger partial charge on any atom is -0.506 e. The van der Waals surface area contributed by atoms with Gasteiger partial charge in [0.15, 0.2) is 5.82 Å². The summed E-state index contributed by atoms with van der Waals surface area (Å²) < 4.78 is 0. The summed E-state index contributed by atoms with van der Waals surface area (Å²) in [6.07, 6.45) is 2.53. The molecule has 6 heteroatoms. The van der Waals surface area contributed by atoms with E-state index in [1.54, 1.807) is 12.1 Å². The zero-order valence-corrected chi connectivity index (χ0v) is 13.7. The highest BCUT2D eigenvalue weighted by molar-refractivity contribution is 5.80. The van der Waals surface area contributed by atoms with E-state index in [2.05, 4.69) is 35.6 Å². The van der Waals surface area contributed by atoms with Gasteiger partial charge in [0, 0.05) is 17.6 Å². The molecule has 1 aromatic carbocycles. The number of aromatic nitrogens is 2. The number of phenols is 1.